The van der Waals surface area contributed by atoms with Crippen LogP contribution >= 0.6 is 0 Å². The number of primary amides is 1. The molecule has 5 heteroatoms. The normalized spacial score (nSPS) is 12.7. The van der Waals surface area contributed by atoms with Gasteiger partial charge < -0.3 is 11.1 Å². The zero-order chi connectivity index (χ0) is 17.5. The molecule has 3 N–H and O–H groups in total. The Morgan fingerprint density at radius 2 is 1.67 bits per heavy atom. The maximum Gasteiger partial charge on any atom is 0.251 e. The highest BCUT2D eigenvalue weighted by atomic mass is 16.2. The zero-order valence-electron chi connectivity index (χ0n) is 13.4. The number of nitrogens with two attached hydrogens (primary N) is 1. The van der Waals surface area contributed by atoms with E-state index in [1.165, 1.54) is 0 Å². The second-order valence-electron chi connectivity index (χ2n) is 5.64. The molecular weight excluding hydrogens is 302 g/mol. The van der Waals surface area contributed by atoms with Crippen LogP contribution in [-0.2, 0) is 4.79 Å². The molecule has 0 aromatic heterocycles. The van der Waals surface area contributed by atoms with Crippen molar-refractivity contribution in [3.8, 4) is 17.2 Å². The summed E-state index contributed by atoms with van der Waals surface area (Å²) in [5.41, 5.74) is 7.82. The van der Waals surface area contributed by atoms with E-state index in [0.717, 1.165) is 11.1 Å². The third kappa shape index (κ3) is 4.20. The van der Waals surface area contributed by atoms with Crippen molar-refractivity contribution < 1.29 is 9.59 Å². The summed E-state index contributed by atoms with van der Waals surface area (Å²) in [6.45, 7) is 1.71. The molecule has 5 nitrogen and oxygen atoms in total. The van der Waals surface area contributed by atoms with Crippen LogP contribution in [0, 0.1) is 17.2 Å². The van der Waals surface area contributed by atoms with Gasteiger partial charge in [-0.1, -0.05) is 49.4 Å². The number of nitrogens with zero attached hydrogens (tertiary/aromatic N) is 1. The number of nitrogens with one attached hydrogen (secondary N) is 1. The van der Waals surface area contributed by atoms with Gasteiger partial charge in [-0.3, -0.25) is 9.59 Å². The molecule has 0 saturated heterocycles. The molecule has 0 bridgehead atoms. The molecule has 0 aliphatic rings. The van der Waals surface area contributed by atoms with E-state index in [0.29, 0.717) is 5.56 Å². The van der Waals surface area contributed by atoms with Gasteiger partial charge in [-0.15, -0.1) is 0 Å². The van der Waals surface area contributed by atoms with E-state index in [4.69, 9.17) is 11.0 Å². The molecular formula is C19H19N3O2. The predicted octanol–water partition coefficient (Wildman–Crippen LogP) is 2.49. The molecule has 0 spiro atoms. The smallest absolute Gasteiger partial charge is 0.251 e. The first-order chi connectivity index (χ1) is 11.5. The highest BCUT2D eigenvalue weighted by Crippen LogP contribution is 2.19. The quantitative estimate of drug-likeness (QED) is 0.855. The van der Waals surface area contributed by atoms with Crippen LogP contribution < -0.4 is 11.1 Å². The Morgan fingerprint density at radius 3 is 2.21 bits per heavy atom. The Labute approximate surface area is 141 Å². The topological polar surface area (TPSA) is 96.0 Å². The molecule has 2 aromatic rings. The summed E-state index contributed by atoms with van der Waals surface area (Å²) < 4.78 is 0. The van der Waals surface area contributed by atoms with Crippen molar-refractivity contribution in [3.05, 3.63) is 60.2 Å². The number of hydrogen-bond acceptors (Lipinski definition) is 3. The Morgan fingerprint density at radius 1 is 1.08 bits per heavy atom. The van der Waals surface area contributed by atoms with Gasteiger partial charge in [0.05, 0.1) is 6.07 Å². The number of benzene rings is 2. The maximum absolute atomic E-state index is 12.3. The fourth-order valence-corrected chi connectivity index (χ4v) is 2.42. The molecule has 0 unspecified atom stereocenters. The number of nitriles is 1. The fraction of sp³-hybridized carbons (Fsp3) is 0.211. The van der Waals surface area contributed by atoms with Crippen LogP contribution in [0.1, 0.15) is 23.7 Å². The third-order valence-corrected chi connectivity index (χ3v) is 3.83. The number of amides is 2. The summed E-state index contributed by atoms with van der Waals surface area (Å²) in [7, 11) is 0. The Kier molecular flexibility index (Phi) is 5.69. The minimum Gasteiger partial charge on any atom is -0.368 e. The number of carbonyl (C=O) groups is 2. The van der Waals surface area contributed by atoms with Crippen molar-refractivity contribution in [2.75, 3.05) is 0 Å². The lowest BCUT2D eigenvalue weighted by Gasteiger charge is -2.20. The van der Waals surface area contributed by atoms with E-state index in [-0.39, 0.29) is 18.2 Å². The maximum atomic E-state index is 12.3. The van der Waals surface area contributed by atoms with Gasteiger partial charge in [0.2, 0.25) is 5.91 Å². The molecule has 2 atom stereocenters. The molecule has 0 heterocycles. The second kappa shape index (κ2) is 7.93. The molecule has 2 aromatic carbocycles. The van der Waals surface area contributed by atoms with Gasteiger partial charge in [0, 0.05) is 12.0 Å². The SMILES string of the molecule is C[C@H](CC#N)[C@H](NC(=O)c1ccc(-c2ccccc2)cc1)C(N)=O. The van der Waals surface area contributed by atoms with Gasteiger partial charge in [0.25, 0.3) is 5.91 Å². The van der Waals surface area contributed by atoms with Crippen LogP contribution in [0.15, 0.2) is 54.6 Å². The van der Waals surface area contributed by atoms with E-state index < -0.39 is 11.9 Å². The van der Waals surface area contributed by atoms with Gasteiger partial charge in [0.1, 0.15) is 6.04 Å². The third-order valence-electron chi connectivity index (χ3n) is 3.83. The number of rotatable bonds is 6. The molecule has 0 radical (unpaired) electrons. The summed E-state index contributed by atoms with van der Waals surface area (Å²) in [6.07, 6.45) is 0.140. The lowest BCUT2D eigenvalue weighted by Crippen LogP contribution is -2.48. The summed E-state index contributed by atoms with van der Waals surface area (Å²) in [6, 6.07) is 18.0. The summed E-state index contributed by atoms with van der Waals surface area (Å²) in [4.78, 5) is 23.8. The van der Waals surface area contributed by atoms with Crippen LogP contribution in [0.25, 0.3) is 11.1 Å². The van der Waals surface area contributed by atoms with Crippen molar-refractivity contribution in [2.45, 2.75) is 19.4 Å². The van der Waals surface area contributed by atoms with Gasteiger partial charge in [0.15, 0.2) is 0 Å². The number of carbonyl (C=O) groups excluding carboxylic acids is 2. The molecule has 0 aliphatic carbocycles. The van der Waals surface area contributed by atoms with E-state index in [9.17, 15) is 9.59 Å². The highest BCUT2D eigenvalue weighted by molar-refractivity contribution is 5.97. The van der Waals surface area contributed by atoms with Crippen molar-refractivity contribution >= 4 is 11.8 Å². The van der Waals surface area contributed by atoms with Crippen LogP contribution in [-0.4, -0.2) is 17.9 Å². The Balaban J connectivity index is 2.12. The zero-order valence-corrected chi connectivity index (χ0v) is 13.4. The molecule has 0 saturated carbocycles. The molecule has 2 rings (SSSR count). The van der Waals surface area contributed by atoms with E-state index in [1.807, 2.05) is 48.5 Å². The summed E-state index contributed by atoms with van der Waals surface area (Å²) >= 11 is 0. The van der Waals surface area contributed by atoms with Gasteiger partial charge in [-0.2, -0.15) is 5.26 Å². The van der Waals surface area contributed by atoms with Crippen molar-refractivity contribution in [2.24, 2.45) is 11.7 Å². The largest absolute Gasteiger partial charge is 0.368 e. The second-order valence-corrected chi connectivity index (χ2v) is 5.64. The minimum atomic E-state index is -0.869. The van der Waals surface area contributed by atoms with Crippen LogP contribution in [0.3, 0.4) is 0 Å². The molecule has 122 valence electrons. The minimum absolute atomic E-state index is 0.140. The Bertz CT molecular complexity index is 748. The van der Waals surface area contributed by atoms with Crippen LogP contribution in [0.5, 0.6) is 0 Å². The number of hydrogen-bond donors (Lipinski definition) is 2. The van der Waals surface area contributed by atoms with Crippen molar-refractivity contribution in [3.63, 3.8) is 0 Å². The standard InChI is InChI=1S/C19H19N3O2/c1-13(11-12-20)17(18(21)23)22-19(24)16-9-7-15(8-10-16)14-5-3-2-4-6-14/h2-10,13,17H,11H2,1H3,(H2,21,23)(H,22,24)/t13-,17+/m1/s1. The average molecular weight is 321 g/mol. The molecule has 2 amide bonds. The monoisotopic (exact) mass is 321 g/mol. The lowest BCUT2D eigenvalue weighted by molar-refractivity contribution is -0.120. The van der Waals surface area contributed by atoms with Crippen molar-refractivity contribution in [1.82, 2.24) is 5.32 Å². The lowest BCUT2D eigenvalue weighted by atomic mass is 9.97. The van der Waals surface area contributed by atoms with Gasteiger partial charge in [-0.25, -0.2) is 0 Å². The van der Waals surface area contributed by atoms with Gasteiger partial charge in [-0.05, 0) is 29.2 Å². The van der Waals surface area contributed by atoms with Crippen molar-refractivity contribution in [1.29, 1.82) is 5.26 Å². The van der Waals surface area contributed by atoms with Gasteiger partial charge >= 0.3 is 0 Å². The first kappa shape index (κ1) is 17.2. The first-order valence-corrected chi connectivity index (χ1v) is 7.65. The highest BCUT2D eigenvalue weighted by Gasteiger charge is 2.25. The molecule has 0 fully saturated rings. The Hall–Kier alpha value is -3.13. The molecule has 0 aliphatic heterocycles. The first-order valence-electron chi connectivity index (χ1n) is 7.65. The predicted molar refractivity (Wildman–Crippen MR) is 91.7 cm³/mol. The van der Waals surface area contributed by atoms with E-state index in [1.54, 1.807) is 19.1 Å². The summed E-state index contributed by atoms with van der Waals surface area (Å²) in [5.74, 6) is -1.38. The summed E-state index contributed by atoms with van der Waals surface area (Å²) in [5, 5.41) is 11.4. The van der Waals surface area contributed by atoms with E-state index >= 15 is 0 Å². The van der Waals surface area contributed by atoms with Crippen LogP contribution in [0.2, 0.25) is 0 Å². The average Bonchev–Trinajstić information content (AvgIpc) is 2.60. The van der Waals surface area contributed by atoms with Crippen LogP contribution in [0.4, 0.5) is 0 Å². The molecule has 24 heavy (non-hydrogen) atoms. The van der Waals surface area contributed by atoms with E-state index in [2.05, 4.69) is 5.32 Å². The fourth-order valence-electron chi connectivity index (χ4n) is 2.42.